The fraction of sp³-hybridized carbons (Fsp3) is 0.0769. The van der Waals surface area contributed by atoms with Gasteiger partial charge in [0.05, 0.1) is 11.3 Å². The van der Waals surface area contributed by atoms with Crippen LogP contribution in [0.25, 0.3) is 0 Å². The van der Waals surface area contributed by atoms with E-state index in [-0.39, 0.29) is 11.1 Å². The molecule has 1 amide bonds. The number of nitrogen functional groups attached to an aromatic ring is 1. The Hall–Kier alpha value is -1.59. The lowest BCUT2D eigenvalue weighted by Crippen LogP contribution is -2.15. The lowest BCUT2D eigenvalue weighted by Gasteiger charge is -2.11. The van der Waals surface area contributed by atoms with Gasteiger partial charge in [0.15, 0.2) is 5.15 Å². The zero-order valence-corrected chi connectivity index (χ0v) is 12.4. The highest BCUT2D eigenvalue weighted by molar-refractivity contribution is 9.10. The van der Waals surface area contributed by atoms with Crippen molar-refractivity contribution in [1.82, 2.24) is 4.98 Å². The Morgan fingerprint density at radius 2 is 2.16 bits per heavy atom. The van der Waals surface area contributed by atoms with E-state index in [0.717, 1.165) is 10.0 Å². The number of anilines is 2. The molecule has 0 aliphatic rings. The van der Waals surface area contributed by atoms with Gasteiger partial charge >= 0.3 is 0 Å². The summed E-state index contributed by atoms with van der Waals surface area (Å²) in [7, 11) is 0. The first-order valence-electron chi connectivity index (χ1n) is 5.46. The molecule has 0 radical (unpaired) electrons. The molecule has 0 spiro atoms. The van der Waals surface area contributed by atoms with E-state index >= 15 is 0 Å². The molecule has 0 saturated carbocycles. The summed E-state index contributed by atoms with van der Waals surface area (Å²) in [6, 6.07) is 6.86. The minimum atomic E-state index is -0.322. The highest BCUT2D eigenvalue weighted by Crippen LogP contribution is 2.25. The molecule has 0 bridgehead atoms. The number of halogens is 2. The van der Waals surface area contributed by atoms with Gasteiger partial charge < -0.3 is 11.1 Å². The predicted octanol–water partition coefficient (Wildman–Crippen LogP) is 3.64. The molecule has 0 aliphatic heterocycles. The van der Waals surface area contributed by atoms with E-state index in [2.05, 4.69) is 26.2 Å². The standard InChI is InChI=1S/C13H11BrClN3O/c1-7-4-5-17-12(15)11(7)18-13(19)9-6-8(14)2-3-10(9)16/h2-6H,16H2,1H3,(H,18,19). The lowest BCUT2D eigenvalue weighted by molar-refractivity contribution is 0.102. The highest BCUT2D eigenvalue weighted by atomic mass is 79.9. The van der Waals surface area contributed by atoms with Gasteiger partial charge in [-0.2, -0.15) is 0 Å². The molecule has 98 valence electrons. The van der Waals surface area contributed by atoms with Crippen LogP contribution in [0.15, 0.2) is 34.9 Å². The monoisotopic (exact) mass is 339 g/mol. The lowest BCUT2D eigenvalue weighted by atomic mass is 10.1. The molecule has 1 aromatic carbocycles. The zero-order chi connectivity index (χ0) is 14.0. The number of amides is 1. The molecule has 6 heteroatoms. The van der Waals surface area contributed by atoms with Crippen LogP contribution < -0.4 is 11.1 Å². The highest BCUT2D eigenvalue weighted by Gasteiger charge is 2.14. The molecule has 19 heavy (non-hydrogen) atoms. The molecule has 4 nitrogen and oxygen atoms in total. The normalized spacial score (nSPS) is 10.3. The minimum absolute atomic E-state index is 0.252. The van der Waals surface area contributed by atoms with Gasteiger partial charge in [-0.15, -0.1) is 0 Å². The van der Waals surface area contributed by atoms with Crippen molar-refractivity contribution in [3.05, 3.63) is 51.2 Å². The van der Waals surface area contributed by atoms with E-state index in [1.807, 2.05) is 6.92 Å². The number of nitrogens with two attached hydrogens (primary N) is 1. The Morgan fingerprint density at radius 3 is 2.84 bits per heavy atom. The Morgan fingerprint density at radius 1 is 1.42 bits per heavy atom. The first-order chi connectivity index (χ1) is 8.99. The fourth-order valence-electron chi connectivity index (χ4n) is 1.58. The molecule has 0 aliphatic carbocycles. The Kier molecular flexibility index (Phi) is 4.07. The van der Waals surface area contributed by atoms with Crippen LogP contribution in [-0.4, -0.2) is 10.9 Å². The maximum absolute atomic E-state index is 12.2. The molecule has 2 rings (SSSR count). The number of carbonyl (C=O) groups excluding carboxylic acids is 1. The molecule has 0 fully saturated rings. The van der Waals surface area contributed by atoms with E-state index in [0.29, 0.717) is 16.9 Å². The van der Waals surface area contributed by atoms with Gasteiger partial charge in [0, 0.05) is 16.4 Å². The second kappa shape index (κ2) is 5.59. The van der Waals surface area contributed by atoms with Gasteiger partial charge in [0.2, 0.25) is 0 Å². The number of hydrogen-bond donors (Lipinski definition) is 2. The molecule has 0 atom stereocenters. The number of aryl methyl sites for hydroxylation is 1. The van der Waals surface area contributed by atoms with Crippen molar-refractivity contribution >= 4 is 44.8 Å². The third kappa shape index (κ3) is 3.05. The quantitative estimate of drug-likeness (QED) is 0.648. The van der Waals surface area contributed by atoms with E-state index in [1.54, 1.807) is 30.5 Å². The number of hydrogen-bond acceptors (Lipinski definition) is 3. The van der Waals surface area contributed by atoms with Crippen molar-refractivity contribution in [2.75, 3.05) is 11.1 Å². The van der Waals surface area contributed by atoms with Gasteiger partial charge in [0.1, 0.15) is 0 Å². The maximum Gasteiger partial charge on any atom is 0.257 e. The summed E-state index contributed by atoms with van der Waals surface area (Å²) < 4.78 is 0.779. The van der Waals surface area contributed by atoms with Crippen molar-refractivity contribution in [2.24, 2.45) is 0 Å². The smallest absolute Gasteiger partial charge is 0.257 e. The zero-order valence-electron chi connectivity index (χ0n) is 10.1. The van der Waals surface area contributed by atoms with E-state index in [4.69, 9.17) is 17.3 Å². The Balaban J connectivity index is 2.34. The Labute approximate surface area is 124 Å². The van der Waals surface area contributed by atoms with Crippen LogP contribution >= 0.6 is 27.5 Å². The van der Waals surface area contributed by atoms with Crippen LogP contribution in [0, 0.1) is 6.92 Å². The van der Waals surface area contributed by atoms with Crippen molar-refractivity contribution in [2.45, 2.75) is 6.92 Å². The van der Waals surface area contributed by atoms with Crippen LogP contribution in [0.2, 0.25) is 5.15 Å². The van der Waals surface area contributed by atoms with Crippen LogP contribution in [0.1, 0.15) is 15.9 Å². The third-order valence-electron chi connectivity index (χ3n) is 2.61. The number of aromatic nitrogens is 1. The maximum atomic E-state index is 12.2. The molecule has 0 saturated heterocycles. The van der Waals surface area contributed by atoms with Gasteiger partial charge in [-0.1, -0.05) is 27.5 Å². The number of rotatable bonds is 2. The number of nitrogens with one attached hydrogen (secondary N) is 1. The fourth-order valence-corrected chi connectivity index (χ4v) is 2.19. The number of carbonyl (C=O) groups is 1. The second-order valence-electron chi connectivity index (χ2n) is 3.98. The summed E-state index contributed by atoms with van der Waals surface area (Å²) in [6.07, 6.45) is 1.58. The molecule has 1 aromatic heterocycles. The second-order valence-corrected chi connectivity index (χ2v) is 5.25. The summed E-state index contributed by atoms with van der Waals surface area (Å²) in [6.45, 7) is 1.84. The van der Waals surface area contributed by atoms with E-state index in [1.165, 1.54) is 0 Å². The molecule has 3 N–H and O–H groups in total. The van der Waals surface area contributed by atoms with Gasteiger partial charge in [-0.3, -0.25) is 4.79 Å². The Bertz CT molecular complexity index is 626. The summed E-state index contributed by atoms with van der Waals surface area (Å²) in [5.41, 5.74) is 7.90. The van der Waals surface area contributed by atoms with E-state index < -0.39 is 0 Å². The van der Waals surface area contributed by atoms with Gasteiger partial charge in [-0.25, -0.2) is 4.98 Å². The summed E-state index contributed by atoms with van der Waals surface area (Å²) in [5, 5.41) is 2.98. The summed E-state index contributed by atoms with van der Waals surface area (Å²) in [5.74, 6) is -0.322. The SMILES string of the molecule is Cc1ccnc(Cl)c1NC(=O)c1cc(Br)ccc1N. The van der Waals surface area contributed by atoms with Crippen molar-refractivity contribution in [3.63, 3.8) is 0 Å². The first-order valence-corrected chi connectivity index (χ1v) is 6.63. The number of benzene rings is 1. The molecular formula is C13H11BrClN3O. The average molecular weight is 341 g/mol. The molecule has 0 unspecified atom stereocenters. The first kappa shape index (κ1) is 13.8. The molecular weight excluding hydrogens is 330 g/mol. The topological polar surface area (TPSA) is 68.0 Å². The number of nitrogens with zero attached hydrogens (tertiary/aromatic N) is 1. The van der Waals surface area contributed by atoms with Crippen molar-refractivity contribution in [3.8, 4) is 0 Å². The molecule has 2 aromatic rings. The molecule has 1 heterocycles. The summed E-state index contributed by atoms with van der Waals surface area (Å²) in [4.78, 5) is 16.1. The van der Waals surface area contributed by atoms with Gasteiger partial charge in [-0.05, 0) is 36.8 Å². The van der Waals surface area contributed by atoms with Crippen molar-refractivity contribution < 1.29 is 4.79 Å². The van der Waals surface area contributed by atoms with Crippen LogP contribution in [0.3, 0.4) is 0 Å². The third-order valence-corrected chi connectivity index (χ3v) is 3.39. The minimum Gasteiger partial charge on any atom is -0.398 e. The summed E-state index contributed by atoms with van der Waals surface area (Å²) >= 11 is 9.27. The number of pyridine rings is 1. The van der Waals surface area contributed by atoms with Gasteiger partial charge in [0.25, 0.3) is 5.91 Å². The van der Waals surface area contributed by atoms with Crippen LogP contribution in [0.4, 0.5) is 11.4 Å². The largest absolute Gasteiger partial charge is 0.398 e. The predicted molar refractivity (Wildman–Crippen MR) is 80.5 cm³/mol. The van der Waals surface area contributed by atoms with Crippen molar-refractivity contribution in [1.29, 1.82) is 0 Å². The average Bonchev–Trinajstić information content (AvgIpc) is 2.37. The van der Waals surface area contributed by atoms with Crippen LogP contribution in [-0.2, 0) is 0 Å². The van der Waals surface area contributed by atoms with E-state index in [9.17, 15) is 4.79 Å². The van der Waals surface area contributed by atoms with Crippen LogP contribution in [0.5, 0.6) is 0 Å².